The minimum atomic E-state index is 0.599. The van der Waals surface area contributed by atoms with Gasteiger partial charge in [-0.1, -0.05) is 11.6 Å². The Morgan fingerprint density at radius 3 is 3.00 bits per heavy atom. The second kappa shape index (κ2) is 5.56. The molecular weight excluding hydrogens is 248 g/mol. The van der Waals surface area contributed by atoms with Crippen molar-refractivity contribution in [2.75, 3.05) is 11.9 Å². The lowest BCUT2D eigenvalue weighted by molar-refractivity contribution is 0.701. The Morgan fingerprint density at radius 2 is 2.33 bits per heavy atom. The third-order valence-corrected chi connectivity index (χ3v) is 2.93. The summed E-state index contributed by atoms with van der Waals surface area (Å²) in [5.41, 5.74) is 1.37. The van der Waals surface area contributed by atoms with Crippen LogP contribution in [0.4, 0.5) is 5.69 Å². The van der Waals surface area contributed by atoms with Crippen molar-refractivity contribution in [3.05, 3.63) is 47.0 Å². The van der Waals surface area contributed by atoms with E-state index in [4.69, 9.17) is 16.9 Å². The molecule has 0 fully saturated rings. The molecule has 4 nitrogen and oxygen atoms in total. The Balaban J connectivity index is 2.00. The van der Waals surface area contributed by atoms with E-state index in [9.17, 15) is 0 Å². The number of nitriles is 1. The lowest BCUT2D eigenvalue weighted by Gasteiger charge is -2.10. The van der Waals surface area contributed by atoms with Gasteiger partial charge in [-0.2, -0.15) is 5.26 Å². The molecule has 1 aromatic heterocycles. The molecule has 1 aromatic carbocycles. The van der Waals surface area contributed by atoms with E-state index in [1.807, 2.05) is 17.7 Å². The van der Waals surface area contributed by atoms with Gasteiger partial charge in [0.15, 0.2) is 0 Å². The lowest BCUT2D eigenvalue weighted by Crippen LogP contribution is -2.11. The van der Waals surface area contributed by atoms with Crippen LogP contribution in [0.2, 0.25) is 5.02 Å². The molecule has 0 atom stereocenters. The highest BCUT2D eigenvalue weighted by Crippen LogP contribution is 2.20. The van der Waals surface area contributed by atoms with Gasteiger partial charge in [-0.05, 0) is 25.1 Å². The SMILES string of the molecule is Cc1nccn1CCNc1cc(Cl)ccc1C#N. The summed E-state index contributed by atoms with van der Waals surface area (Å²) >= 11 is 5.91. The van der Waals surface area contributed by atoms with Crippen molar-refractivity contribution in [3.63, 3.8) is 0 Å². The van der Waals surface area contributed by atoms with Gasteiger partial charge in [0, 0.05) is 30.5 Å². The molecule has 0 saturated carbocycles. The zero-order valence-corrected chi connectivity index (χ0v) is 10.8. The number of nitrogens with one attached hydrogen (secondary N) is 1. The number of anilines is 1. The predicted molar refractivity (Wildman–Crippen MR) is 71.6 cm³/mol. The van der Waals surface area contributed by atoms with Crippen LogP contribution in [-0.4, -0.2) is 16.1 Å². The zero-order chi connectivity index (χ0) is 13.0. The highest BCUT2D eigenvalue weighted by atomic mass is 35.5. The molecule has 0 aliphatic rings. The topological polar surface area (TPSA) is 53.6 Å². The Kier molecular flexibility index (Phi) is 3.85. The van der Waals surface area contributed by atoms with E-state index < -0.39 is 0 Å². The van der Waals surface area contributed by atoms with Gasteiger partial charge in [0.2, 0.25) is 0 Å². The molecule has 0 aliphatic heterocycles. The number of hydrogen-bond acceptors (Lipinski definition) is 3. The average molecular weight is 261 g/mol. The molecule has 0 unspecified atom stereocenters. The molecule has 0 radical (unpaired) electrons. The normalized spacial score (nSPS) is 10.1. The minimum Gasteiger partial charge on any atom is -0.382 e. The molecule has 0 bridgehead atoms. The van der Waals surface area contributed by atoms with Crippen molar-refractivity contribution >= 4 is 17.3 Å². The van der Waals surface area contributed by atoms with Crippen molar-refractivity contribution in [1.29, 1.82) is 5.26 Å². The van der Waals surface area contributed by atoms with E-state index >= 15 is 0 Å². The first kappa shape index (κ1) is 12.5. The van der Waals surface area contributed by atoms with E-state index in [1.165, 1.54) is 0 Å². The summed E-state index contributed by atoms with van der Waals surface area (Å²) in [4.78, 5) is 4.15. The van der Waals surface area contributed by atoms with Gasteiger partial charge in [-0.15, -0.1) is 0 Å². The van der Waals surface area contributed by atoms with E-state index in [0.29, 0.717) is 17.1 Å². The fourth-order valence-electron chi connectivity index (χ4n) is 1.71. The molecule has 2 aromatic rings. The second-order valence-electron chi connectivity index (χ2n) is 3.90. The maximum atomic E-state index is 8.99. The standard InChI is InChI=1S/C13H13ClN4/c1-10-16-4-6-18(10)7-5-17-13-8-12(14)3-2-11(13)9-15/h2-4,6,8,17H,5,7H2,1H3. The van der Waals surface area contributed by atoms with Crippen molar-refractivity contribution in [1.82, 2.24) is 9.55 Å². The summed E-state index contributed by atoms with van der Waals surface area (Å²) in [6, 6.07) is 7.33. The fraction of sp³-hybridized carbons (Fsp3) is 0.231. The number of hydrogen-bond donors (Lipinski definition) is 1. The van der Waals surface area contributed by atoms with Crippen LogP contribution in [0.15, 0.2) is 30.6 Å². The van der Waals surface area contributed by atoms with Crippen molar-refractivity contribution in [2.45, 2.75) is 13.5 Å². The third-order valence-electron chi connectivity index (χ3n) is 2.69. The zero-order valence-electron chi connectivity index (χ0n) is 10.0. The summed E-state index contributed by atoms with van der Waals surface area (Å²) in [6.45, 7) is 3.47. The van der Waals surface area contributed by atoms with E-state index in [2.05, 4.69) is 16.4 Å². The lowest BCUT2D eigenvalue weighted by atomic mass is 10.2. The quantitative estimate of drug-likeness (QED) is 0.920. The number of rotatable bonds is 4. The van der Waals surface area contributed by atoms with Crippen molar-refractivity contribution in [3.8, 4) is 6.07 Å². The molecular formula is C13H13ClN4. The maximum absolute atomic E-state index is 8.99. The largest absolute Gasteiger partial charge is 0.382 e. The van der Waals surface area contributed by atoms with E-state index in [1.54, 1.807) is 24.4 Å². The Morgan fingerprint density at radius 1 is 1.50 bits per heavy atom. The monoisotopic (exact) mass is 260 g/mol. The smallest absolute Gasteiger partial charge is 0.105 e. The minimum absolute atomic E-state index is 0.599. The average Bonchev–Trinajstić information content (AvgIpc) is 2.76. The van der Waals surface area contributed by atoms with Gasteiger partial charge >= 0.3 is 0 Å². The van der Waals surface area contributed by atoms with E-state index in [-0.39, 0.29) is 0 Å². The molecule has 0 saturated heterocycles. The van der Waals surface area contributed by atoms with Crippen LogP contribution in [-0.2, 0) is 6.54 Å². The first-order chi connectivity index (χ1) is 8.70. The highest BCUT2D eigenvalue weighted by Gasteiger charge is 2.02. The van der Waals surface area contributed by atoms with Crippen LogP contribution < -0.4 is 5.32 Å². The first-order valence-corrected chi connectivity index (χ1v) is 6.00. The van der Waals surface area contributed by atoms with Crippen molar-refractivity contribution in [2.24, 2.45) is 0 Å². The number of imidazole rings is 1. The summed E-state index contributed by atoms with van der Waals surface area (Å²) in [5, 5.41) is 12.8. The van der Waals surface area contributed by atoms with Gasteiger partial charge in [0.25, 0.3) is 0 Å². The molecule has 92 valence electrons. The summed E-state index contributed by atoms with van der Waals surface area (Å²) in [6.07, 6.45) is 3.70. The van der Waals surface area contributed by atoms with Gasteiger partial charge in [0.05, 0.1) is 11.3 Å². The molecule has 1 N–H and O–H groups in total. The molecule has 0 amide bonds. The Labute approximate surface area is 111 Å². The molecule has 2 rings (SSSR count). The van der Waals surface area contributed by atoms with Crippen LogP contribution in [0.5, 0.6) is 0 Å². The summed E-state index contributed by atoms with van der Waals surface area (Å²) < 4.78 is 2.05. The Bertz CT molecular complexity index is 583. The van der Waals surface area contributed by atoms with Crippen LogP contribution in [0, 0.1) is 18.3 Å². The predicted octanol–water partition coefficient (Wildman–Crippen LogP) is 2.83. The van der Waals surface area contributed by atoms with E-state index in [0.717, 1.165) is 18.1 Å². The Hall–Kier alpha value is -1.99. The van der Waals surface area contributed by atoms with Gasteiger partial charge in [-0.25, -0.2) is 4.98 Å². The molecule has 1 heterocycles. The van der Waals surface area contributed by atoms with Crippen LogP contribution in [0.3, 0.4) is 0 Å². The van der Waals surface area contributed by atoms with Gasteiger partial charge in [-0.3, -0.25) is 0 Å². The maximum Gasteiger partial charge on any atom is 0.105 e. The number of halogens is 1. The van der Waals surface area contributed by atoms with Gasteiger partial charge in [0.1, 0.15) is 11.9 Å². The number of aromatic nitrogens is 2. The number of benzene rings is 1. The summed E-state index contributed by atoms with van der Waals surface area (Å²) in [7, 11) is 0. The van der Waals surface area contributed by atoms with Gasteiger partial charge < -0.3 is 9.88 Å². The molecule has 0 spiro atoms. The molecule has 18 heavy (non-hydrogen) atoms. The van der Waals surface area contributed by atoms with Crippen LogP contribution >= 0.6 is 11.6 Å². The number of nitrogens with zero attached hydrogens (tertiary/aromatic N) is 3. The second-order valence-corrected chi connectivity index (χ2v) is 4.33. The molecule has 5 heteroatoms. The fourth-order valence-corrected chi connectivity index (χ4v) is 1.88. The summed E-state index contributed by atoms with van der Waals surface area (Å²) in [5.74, 6) is 0.975. The van der Waals surface area contributed by atoms with Crippen molar-refractivity contribution < 1.29 is 0 Å². The first-order valence-electron chi connectivity index (χ1n) is 5.62. The third kappa shape index (κ3) is 2.82. The van der Waals surface area contributed by atoms with Crippen LogP contribution in [0.1, 0.15) is 11.4 Å². The highest BCUT2D eigenvalue weighted by molar-refractivity contribution is 6.30. The number of aryl methyl sites for hydroxylation is 1. The van der Waals surface area contributed by atoms with Crippen LogP contribution in [0.25, 0.3) is 0 Å². The molecule has 0 aliphatic carbocycles.